The van der Waals surface area contributed by atoms with Crippen LogP contribution in [0, 0.1) is 0 Å². The maximum Gasteiger partial charge on any atom is 0.323 e. The summed E-state index contributed by atoms with van der Waals surface area (Å²) in [5.74, 6) is -0.268. The summed E-state index contributed by atoms with van der Waals surface area (Å²) in [4.78, 5) is 17.1. The number of ether oxygens (including phenoxy) is 1. The van der Waals surface area contributed by atoms with E-state index in [2.05, 4.69) is 34.0 Å². The smallest absolute Gasteiger partial charge is 0.323 e. The zero-order valence-electron chi connectivity index (χ0n) is 12.3. The fourth-order valence-corrected chi connectivity index (χ4v) is 2.90. The molecule has 0 bridgehead atoms. The molecule has 2 rings (SSSR count). The molecular weight excluding hydrogens is 268 g/mol. The molecule has 6 heteroatoms. The van der Waals surface area contributed by atoms with Gasteiger partial charge in [-0.25, -0.2) is 0 Å². The van der Waals surface area contributed by atoms with Crippen LogP contribution in [0.25, 0.3) is 10.4 Å². The Labute approximate surface area is 124 Å². The molecule has 6 nitrogen and oxygen atoms in total. The number of carbonyl (C=O) groups is 1. The maximum atomic E-state index is 12.1. The second-order valence-electron chi connectivity index (χ2n) is 5.25. The van der Waals surface area contributed by atoms with Gasteiger partial charge in [-0.1, -0.05) is 35.4 Å². The van der Waals surface area contributed by atoms with Gasteiger partial charge in [-0.15, -0.1) is 0 Å². The minimum atomic E-state index is -0.366. The third-order valence-corrected chi connectivity index (χ3v) is 4.08. The number of esters is 1. The summed E-state index contributed by atoms with van der Waals surface area (Å²) in [6.07, 6.45) is 1.27. The van der Waals surface area contributed by atoms with Crippen molar-refractivity contribution in [3.8, 4) is 0 Å². The van der Waals surface area contributed by atoms with E-state index in [0.29, 0.717) is 13.0 Å². The number of hydrogen-bond acceptors (Lipinski definition) is 4. The van der Waals surface area contributed by atoms with Crippen LogP contribution in [0.1, 0.15) is 31.4 Å². The van der Waals surface area contributed by atoms with Crippen molar-refractivity contribution >= 4 is 5.97 Å². The van der Waals surface area contributed by atoms with Crippen LogP contribution >= 0.6 is 0 Å². The van der Waals surface area contributed by atoms with E-state index in [0.717, 1.165) is 12.0 Å². The van der Waals surface area contributed by atoms with Crippen LogP contribution in [-0.4, -0.2) is 36.6 Å². The van der Waals surface area contributed by atoms with E-state index < -0.39 is 0 Å². The van der Waals surface area contributed by atoms with Crippen molar-refractivity contribution in [3.05, 3.63) is 46.3 Å². The first-order valence-corrected chi connectivity index (χ1v) is 7.10. The number of methoxy groups -OCH3 is 1. The summed E-state index contributed by atoms with van der Waals surface area (Å²) in [6, 6.07) is 9.67. The highest BCUT2D eigenvalue weighted by Gasteiger charge is 2.36. The normalized spacial score (nSPS) is 23.9. The third-order valence-electron chi connectivity index (χ3n) is 4.08. The Morgan fingerprint density at radius 2 is 2.19 bits per heavy atom. The van der Waals surface area contributed by atoms with Crippen molar-refractivity contribution in [2.45, 2.75) is 37.9 Å². The topological polar surface area (TPSA) is 78.3 Å². The predicted molar refractivity (Wildman–Crippen MR) is 79.5 cm³/mol. The molecule has 21 heavy (non-hydrogen) atoms. The SMILES string of the molecule is COC(=O)[C@H]1C[C@H](N=[N+]=[N-])CCN1[C@@H](C)c1ccccc1. The molecule has 112 valence electrons. The number of carbonyl (C=O) groups excluding carboxylic acids is 1. The molecule has 0 spiro atoms. The van der Waals surface area contributed by atoms with Gasteiger partial charge in [-0.05, 0) is 37.4 Å². The van der Waals surface area contributed by atoms with Crippen molar-refractivity contribution < 1.29 is 9.53 Å². The second kappa shape index (κ2) is 7.11. The quantitative estimate of drug-likeness (QED) is 0.369. The molecule has 0 saturated carbocycles. The Kier molecular flexibility index (Phi) is 5.20. The maximum absolute atomic E-state index is 12.1. The lowest BCUT2D eigenvalue weighted by Crippen LogP contribution is -2.49. The van der Waals surface area contributed by atoms with Crippen molar-refractivity contribution in [1.82, 2.24) is 4.90 Å². The van der Waals surface area contributed by atoms with Crippen molar-refractivity contribution in [3.63, 3.8) is 0 Å². The lowest BCUT2D eigenvalue weighted by atomic mass is 9.94. The molecule has 1 aromatic rings. The third kappa shape index (κ3) is 3.54. The van der Waals surface area contributed by atoms with Gasteiger partial charge in [0.25, 0.3) is 0 Å². The Balaban J connectivity index is 2.20. The van der Waals surface area contributed by atoms with Crippen molar-refractivity contribution in [2.24, 2.45) is 5.11 Å². The van der Waals surface area contributed by atoms with Gasteiger partial charge < -0.3 is 4.74 Å². The fourth-order valence-electron chi connectivity index (χ4n) is 2.90. The number of hydrogen-bond donors (Lipinski definition) is 0. The molecule has 1 fully saturated rings. The second-order valence-corrected chi connectivity index (χ2v) is 5.25. The van der Waals surface area contributed by atoms with E-state index in [-0.39, 0.29) is 24.1 Å². The van der Waals surface area contributed by atoms with Gasteiger partial charge in [-0.3, -0.25) is 9.69 Å². The van der Waals surface area contributed by atoms with E-state index in [9.17, 15) is 4.79 Å². The van der Waals surface area contributed by atoms with Gasteiger partial charge in [0.1, 0.15) is 6.04 Å². The molecule has 1 heterocycles. The summed E-state index contributed by atoms with van der Waals surface area (Å²) >= 11 is 0. The van der Waals surface area contributed by atoms with Gasteiger partial charge in [0.05, 0.1) is 7.11 Å². The van der Waals surface area contributed by atoms with E-state index >= 15 is 0 Å². The molecule has 1 aliphatic rings. The van der Waals surface area contributed by atoms with Crippen LogP contribution in [-0.2, 0) is 9.53 Å². The summed E-state index contributed by atoms with van der Waals surface area (Å²) in [5.41, 5.74) is 9.74. The standard InChI is InChI=1S/C15H20N4O2/c1-11(12-6-4-3-5-7-12)19-9-8-13(17-18-16)10-14(19)15(20)21-2/h3-7,11,13-14H,8-10H2,1-2H3/t11-,13+,14+/m0/s1. The Hall–Kier alpha value is -2.04. The first kappa shape index (κ1) is 15.4. The number of piperidine rings is 1. The summed E-state index contributed by atoms with van der Waals surface area (Å²) in [6.45, 7) is 2.79. The zero-order valence-corrected chi connectivity index (χ0v) is 12.3. The van der Waals surface area contributed by atoms with Gasteiger partial charge in [0.15, 0.2) is 0 Å². The lowest BCUT2D eigenvalue weighted by molar-refractivity contribution is -0.149. The zero-order chi connectivity index (χ0) is 15.2. The molecule has 0 amide bonds. The van der Waals surface area contributed by atoms with Crippen LogP contribution < -0.4 is 0 Å². The summed E-state index contributed by atoms with van der Waals surface area (Å²) in [5, 5.41) is 3.76. The van der Waals surface area contributed by atoms with Crippen LogP contribution in [0.4, 0.5) is 0 Å². The molecular formula is C15H20N4O2. The minimum absolute atomic E-state index is 0.113. The van der Waals surface area contributed by atoms with Crippen LogP contribution in [0.3, 0.4) is 0 Å². The van der Waals surface area contributed by atoms with Gasteiger partial charge in [-0.2, -0.15) is 0 Å². The fraction of sp³-hybridized carbons (Fsp3) is 0.533. The molecule has 1 saturated heterocycles. The molecule has 1 aliphatic heterocycles. The molecule has 0 radical (unpaired) electrons. The number of azide groups is 1. The van der Waals surface area contributed by atoms with E-state index in [4.69, 9.17) is 10.3 Å². The number of rotatable bonds is 4. The van der Waals surface area contributed by atoms with Crippen molar-refractivity contribution in [1.29, 1.82) is 0 Å². The summed E-state index contributed by atoms with van der Waals surface area (Å²) < 4.78 is 4.92. The molecule has 1 aromatic carbocycles. The first-order valence-electron chi connectivity index (χ1n) is 7.10. The van der Waals surface area contributed by atoms with Crippen molar-refractivity contribution in [2.75, 3.05) is 13.7 Å². The van der Waals surface area contributed by atoms with E-state index in [1.54, 1.807) is 0 Å². The van der Waals surface area contributed by atoms with Crippen LogP contribution in [0.2, 0.25) is 0 Å². The Morgan fingerprint density at radius 3 is 2.81 bits per heavy atom. The lowest BCUT2D eigenvalue weighted by Gasteiger charge is -2.40. The Morgan fingerprint density at radius 1 is 1.48 bits per heavy atom. The summed E-state index contributed by atoms with van der Waals surface area (Å²) in [7, 11) is 1.39. The highest BCUT2D eigenvalue weighted by atomic mass is 16.5. The number of likely N-dealkylation sites (tertiary alicyclic amines) is 1. The monoisotopic (exact) mass is 288 g/mol. The number of nitrogens with zero attached hydrogens (tertiary/aromatic N) is 4. The van der Waals surface area contributed by atoms with Crippen LogP contribution in [0.5, 0.6) is 0 Å². The molecule has 0 aromatic heterocycles. The highest BCUT2D eigenvalue weighted by molar-refractivity contribution is 5.76. The molecule has 0 aliphatic carbocycles. The molecule has 3 atom stereocenters. The first-order chi connectivity index (χ1) is 10.2. The van der Waals surface area contributed by atoms with Gasteiger partial charge in [0, 0.05) is 17.0 Å². The van der Waals surface area contributed by atoms with Gasteiger partial charge >= 0.3 is 5.97 Å². The van der Waals surface area contributed by atoms with Gasteiger partial charge in [0.2, 0.25) is 0 Å². The van der Waals surface area contributed by atoms with E-state index in [1.165, 1.54) is 7.11 Å². The van der Waals surface area contributed by atoms with Crippen LogP contribution in [0.15, 0.2) is 35.4 Å². The molecule has 0 unspecified atom stereocenters. The largest absolute Gasteiger partial charge is 0.468 e. The average Bonchev–Trinajstić information content (AvgIpc) is 2.54. The highest BCUT2D eigenvalue weighted by Crippen LogP contribution is 2.30. The molecule has 0 N–H and O–H groups in total. The average molecular weight is 288 g/mol. The predicted octanol–water partition coefficient (Wildman–Crippen LogP) is 3.06. The Bertz CT molecular complexity index is 528. The van der Waals surface area contributed by atoms with E-state index in [1.807, 2.05) is 18.2 Å². The minimum Gasteiger partial charge on any atom is -0.468 e. The number of benzene rings is 1.